The zero-order valence-electron chi connectivity index (χ0n) is 25.4. The number of rotatable bonds is 31. The van der Waals surface area contributed by atoms with Crippen LogP contribution in [-0.4, -0.2) is 89.7 Å². The van der Waals surface area contributed by atoms with Crippen LogP contribution in [0, 0.1) is 0 Å². The van der Waals surface area contributed by atoms with E-state index in [4.69, 9.17) is 28.4 Å². The van der Waals surface area contributed by atoms with Gasteiger partial charge in [-0.1, -0.05) is 83.3 Å². The highest BCUT2D eigenvalue weighted by atomic mass is 16.6. The lowest BCUT2D eigenvalue weighted by atomic mass is 10.1. The van der Waals surface area contributed by atoms with Gasteiger partial charge in [0, 0.05) is 13.5 Å². The molecule has 0 aliphatic heterocycles. The molecule has 0 amide bonds. The van der Waals surface area contributed by atoms with Gasteiger partial charge in [0.05, 0.1) is 71.8 Å². The number of methoxy groups -OCH3 is 1. The summed E-state index contributed by atoms with van der Waals surface area (Å²) in [6.07, 6.45) is 18.9. The van der Waals surface area contributed by atoms with E-state index in [1.165, 1.54) is 64.2 Å². The fraction of sp³-hybridized carbons (Fsp3) is 0.871. The van der Waals surface area contributed by atoms with Gasteiger partial charge in [-0.2, -0.15) is 0 Å². The summed E-state index contributed by atoms with van der Waals surface area (Å²) in [5, 5.41) is 10.0. The molecule has 0 bridgehead atoms. The molecule has 0 saturated heterocycles. The quantitative estimate of drug-likeness (QED) is 0.0647. The Balaban J connectivity index is 3.46. The van der Waals surface area contributed by atoms with Crippen LogP contribution in [0.3, 0.4) is 0 Å². The lowest BCUT2D eigenvalue weighted by Crippen LogP contribution is -2.16. The number of esters is 2. The molecule has 0 spiro atoms. The minimum atomic E-state index is -0.634. The number of ether oxygens (including phenoxy) is 6. The molecule has 0 aliphatic carbocycles. The van der Waals surface area contributed by atoms with Crippen molar-refractivity contribution in [3.8, 4) is 0 Å². The Morgan fingerprint density at radius 1 is 0.625 bits per heavy atom. The Bertz CT molecular complexity index is 583. The van der Waals surface area contributed by atoms with E-state index in [9.17, 15) is 14.7 Å². The third-order valence-corrected chi connectivity index (χ3v) is 6.21. The summed E-state index contributed by atoms with van der Waals surface area (Å²) < 4.78 is 30.9. The largest absolute Gasteiger partial charge is 0.466 e. The van der Waals surface area contributed by atoms with E-state index in [0.717, 1.165) is 12.8 Å². The molecule has 1 atom stereocenters. The maximum Gasteiger partial charge on any atom is 0.306 e. The molecule has 40 heavy (non-hydrogen) atoms. The molecule has 0 unspecified atom stereocenters. The summed E-state index contributed by atoms with van der Waals surface area (Å²) in [6.45, 7) is 5.65. The van der Waals surface area contributed by atoms with E-state index >= 15 is 0 Å². The van der Waals surface area contributed by atoms with Crippen LogP contribution in [0.4, 0.5) is 0 Å². The van der Waals surface area contributed by atoms with Gasteiger partial charge in [-0.05, 0) is 12.8 Å². The second-order valence-electron chi connectivity index (χ2n) is 9.88. The van der Waals surface area contributed by atoms with Crippen molar-refractivity contribution in [2.75, 3.05) is 66.6 Å². The summed E-state index contributed by atoms with van der Waals surface area (Å²) in [6, 6.07) is 0. The van der Waals surface area contributed by atoms with Gasteiger partial charge in [-0.25, -0.2) is 0 Å². The molecule has 0 rings (SSSR count). The minimum absolute atomic E-state index is 0.0492. The predicted octanol–water partition coefficient (Wildman–Crippen LogP) is 5.56. The highest BCUT2D eigenvalue weighted by Crippen LogP contribution is 2.12. The van der Waals surface area contributed by atoms with Gasteiger partial charge < -0.3 is 33.5 Å². The van der Waals surface area contributed by atoms with Gasteiger partial charge in [0.25, 0.3) is 0 Å². The third-order valence-electron chi connectivity index (χ3n) is 6.21. The number of aliphatic hydroxyl groups excluding tert-OH is 1. The van der Waals surface area contributed by atoms with Gasteiger partial charge in [0.15, 0.2) is 0 Å². The molecule has 236 valence electrons. The molecule has 0 aromatic heterocycles. The smallest absolute Gasteiger partial charge is 0.306 e. The topological polar surface area (TPSA) is 110 Å². The van der Waals surface area contributed by atoms with Crippen molar-refractivity contribution in [1.29, 1.82) is 0 Å². The monoisotopic (exact) mass is 574 g/mol. The molecule has 9 nitrogen and oxygen atoms in total. The number of carbonyl (C=O) groups excluding carboxylic acids is 2. The zero-order chi connectivity index (χ0) is 29.4. The van der Waals surface area contributed by atoms with Gasteiger partial charge in [-0.3, -0.25) is 9.59 Å². The van der Waals surface area contributed by atoms with Crippen LogP contribution in [-0.2, 0) is 38.0 Å². The second kappa shape index (κ2) is 32.0. The Morgan fingerprint density at radius 2 is 1.07 bits per heavy atom. The maximum absolute atomic E-state index is 11.8. The fourth-order valence-corrected chi connectivity index (χ4v) is 3.82. The van der Waals surface area contributed by atoms with Crippen LogP contribution < -0.4 is 0 Å². The lowest BCUT2D eigenvalue weighted by molar-refractivity contribution is -0.151. The number of unbranched alkanes of at least 4 members (excludes halogenated alkanes) is 11. The molecular formula is C31H58O9. The lowest BCUT2D eigenvalue weighted by Gasteiger charge is -2.08. The zero-order valence-corrected chi connectivity index (χ0v) is 25.4. The van der Waals surface area contributed by atoms with E-state index in [1.807, 2.05) is 6.08 Å². The first-order chi connectivity index (χ1) is 19.6. The van der Waals surface area contributed by atoms with Crippen molar-refractivity contribution in [3.63, 3.8) is 0 Å². The minimum Gasteiger partial charge on any atom is -0.466 e. The molecule has 0 aromatic carbocycles. The molecule has 1 N–H and O–H groups in total. The number of aliphatic hydroxyl groups is 1. The Morgan fingerprint density at radius 3 is 1.60 bits per heavy atom. The molecule has 9 heteroatoms. The van der Waals surface area contributed by atoms with Crippen LogP contribution in [0.1, 0.15) is 103 Å². The van der Waals surface area contributed by atoms with Crippen molar-refractivity contribution in [1.82, 2.24) is 0 Å². The first-order valence-corrected chi connectivity index (χ1v) is 15.5. The van der Waals surface area contributed by atoms with E-state index in [1.54, 1.807) is 13.2 Å². The molecule has 0 fully saturated rings. The number of hydrogen-bond donors (Lipinski definition) is 1. The van der Waals surface area contributed by atoms with Gasteiger partial charge in [0.1, 0.15) is 6.61 Å². The SMILES string of the molecule is CCCCCCCCCCCCC/C=C/[C@@H](O)CCOC(=O)CCC(=O)OCCOCCOCCOCCOC. The van der Waals surface area contributed by atoms with Crippen LogP contribution in [0.5, 0.6) is 0 Å². The molecule has 0 aliphatic rings. The first-order valence-electron chi connectivity index (χ1n) is 15.5. The number of hydrogen-bond acceptors (Lipinski definition) is 9. The van der Waals surface area contributed by atoms with Gasteiger partial charge >= 0.3 is 11.9 Å². The standard InChI is InChI=1S/C31H58O9/c1-3-4-5-6-7-8-9-10-11-12-13-14-15-16-29(32)19-20-39-30(33)17-18-31(34)40-28-27-38-26-25-37-24-23-36-22-21-35-2/h15-16,29,32H,3-14,17-28H2,1-2H3/b16-15+/t29-/m1/s1. The third kappa shape index (κ3) is 31.0. The van der Waals surface area contributed by atoms with Crippen molar-refractivity contribution in [2.45, 2.75) is 109 Å². The molecule has 0 saturated carbocycles. The molecule has 0 heterocycles. The van der Waals surface area contributed by atoms with E-state index in [0.29, 0.717) is 46.1 Å². The first kappa shape index (κ1) is 38.5. The highest BCUT2D eigenvalue weighted by Gasteiger charge is 2.10. The summed E-state index contributed by atoms with van der Waals surface area (Å²) in [7, 11) is 1.62. The van der Waals surface area contributed by atoms with Crippen molar-refractivity contribution < 1.29 is 43.1 Å². The highest BCUT2D eigenvalue weighted by molar-refractivity contribution is 5.77. The average molecular weight is 575 g/mol. The van der Waals surface area contributed by atoms with E-state index < -0.39 is 18.0 Å². The summed E-state index contributed by atoms with van der Waals surface area (Å²) in [5.41, 5.74) is 0. The van der Waals surface area contributed by atoms with Crippen LogP contribution in [0.15, 0.2) is 12.2 Å². The van der Waals surface area contributed by atoms with Crippen LogP contribution in [0.25, 0.3) is 0 Å². The van der Waals surface area contributed by atoms with Gasteiger partial charge in [0.2, 0.25) is 0 Å². The van der Waals surface area contributed by atoms with Crippen molar-refractivity contribution in [2.24, 2.45) is 0 Å². The average Bonchev–Trinajstić information content (AvgIpc) is 2.95. The Kier molecular flexibility index (Phi) is 30.8. The Labute approximate surface area is 243 Å². The molecule has 0 aromatic rings. The number of allylic oxidation sites excluding steroid dienone is 1. The van der Waals surface area contributed by atoms with E-state index in [2.05, 4.69) is 6.92 Å². The maximum atomic E-state index is 11.8. The van der Waals surface area contributed by atoms with Crippen molar-refractivity contribution >= 4 is 11.9 Å². The molecular weight excluding hydrogens is 516 g/mol. The van der Waals surface area contributed by atoms with Crippen LogP contribution in [0.2, 0.25) is 0 Å². The van der Waals surface area contributed by atoms with E-state index in [-0.39, 0.29) is 32.7 Å². The van der Waals surface area contributed by atoms with Crippen LogP contribution >= 0.6 is 0 Å². The van der Waals surface area contributed by atoms with Crippen molar-refractivity contribution in [3.05, 3.63) is 12.2 Å². The number of carbonyl (C=O) groups is 2. The Hall–Kier alpha value is -1.52. The second-order valence-corrected chi connectivity index (χ2v) is 9.88. The summed E-state index contributed by atoms with van der Waals surface area (Å²) >= 11 is 0. The predicted molar refractivity (Wildman–Crippen MR) is 156 cm³/mol. The normalized spacial score (nSPS) is 12.2. The summed E-state index contributed by atoms with van der Waals surface area (Å²) in [4.78, 5) is 23.5. The fourth-order valence-electron chi connectivity index (χ4n) is 3.82. The summed E-state index contributed by atoms with van der Waals surface area (Å²) in [5.74, 6) is -0.955. The molecule has 0 radical (unpaired) electrons. The van der Waals surface area contributed by atoms with Gasteiger partial charge in [-0.15, -0.1) is 0 Å².